The van der Waals surface area contributed by atoms with E-state index in [2.05, 4.69) is 60.8 Å². The average Bonchev–Trinajstić information content (AvgIpc) is 3.06. The fraction of sp³-hybridized carbons (Fsp3) is 0.361. The van der Waals surface area contributed by atoms with Gasteiger partial charge in [-0.2, -0.15) is 4.98 Å². The summed E-state index contributed by atoms with van der Waals surface area (Å²) < 4.78 is 16.7. The lowest BCUT2D eigenvalue weighted by molar-refractivity contribution is 0.207. The van der Waals surface area contributed by atoms with Gasteiger partial charge in [0.15, 0.2) is 0 Å². The maximum atomic E-state index is 13.5. The highest BCUT2D eigenvalue weighted by Crippen LogP contribution is 2.35. The molecule has 1 saturated heterocycles. The van der Waals surface area contributed by atoms with Crippen molar-refractivity contribution in [2.45, 2.75) is 40.7 Å². The third kappa shape index (κ3) is 7.55. The Morgan fingerprint density at radius 1 is 0.915 bits per heavy atom. The van der Waals surface area contributed by atoms with Crippen LogP contribution in [-0.2, 0) is 0 Å². The molecule has 0 saturated carbocycles. The Morgan fingerprint density at radius 2 is 1.66 bits per heavy atom. The van der Waals surface area contributed by atoms with Crippen molar-refractivity contribution >= 4 is 40.7 Å². The molecule has 2 heterocycles. The number of aromatic nitrogens is 2. The largest absolute Gasteiger partial charge is 0.497 e. The number of carbonyl (C=O) groups excluding carboxylic acids is 1. The first kappa shape index (κ1) is 33.8. The fourth-order valence-electron chi connectivity index (χ4n) is 5.67. The van der Waals surface area contributed by atoms with Gasteiger partial charge in [-0.3, -0.25) is 9.80 Å². The van der Waals surface area contributed by atoms with Gasteiger partial charge in [-0.1, -0.05) is 23.7 Å². The van der Waals surface area contributed by atoms with Gasteiger partial charge in [-0.15, -0.1) is 0 Å². The van der Waals surface area contributed by atoms with Gasteiger partial charge in [0, 0.05) is 62.7 Å². The van der Waals surface area contributed by atoms with Crippen molar-refractivity contribution in [2.24, 2.45) is 0 Å². The predicted octanol–water partition coefficient (Wildman–Crippen LogP) is 7.65. The van der Waals surface area contributed by atoms with Gasteiger partial charge < -0.3 is 24.4 Å². The summed E-state index contributed by atoms with van der Waals surface area (Å²) in [7, 11) is 4.70. The molecular formula is C36H43ClN6O4. The van der Waals surface area contributed by atoms with Crippen LogP contribution in [0.1, 0.15) is 30.5 Å². The highest BCUT2D eigenvalue weighted by molar-refractivity contribution is 6.33. The van der Waals surface area contributed by atoms with Gasteiger partial charge in [-0.05, 0) is 81.6 Å². The van der Waals surface area contributed by atoms with Crippen LogP contribution in [0.3, 0.4) is 0 Å². The van der Waals surface area contributed by atoms with Crippen LogP contribution in [0.2, 0.25) is 5.02 Å². The number of amides is 1. The first-order valence-corrected chi connectivity index (χ1v) is 16.1. The number of hydrogen-bond donors (Lipinski definition) is 1. The van der Waals surface area contributed by atoms with E-state index in [-0.39, 0.29) is 11.8 Å². The van der Waals surface area contributed by atoms with E-state index in [0.29, 0.717) is 39.6 Å². The number of halogens is 1. The third-order valence-corrected chi connectivity index (χ3v) is 9.14. The molecule has 1 fully saturated rings. The topological polar surface area (TPSA) is 92.3 Å². The van der Waals surface area contributed by atoms with Crippen molar-refractivity contribution < 1.29 is 19.0 Å². The summed E-state index contributed by atoms with van der Waals surface area (Å²) in [5.74, 6) is 1.41. The monoisotopic (exact) mass is 658 g/mol. The lowest BCUT2D eigenvalue weighted by Gasteiger charge is -2.38. The zero-order valence-electron chi connectivity index (χ0n) is 28.3. The van der Waals surface area contributed by atoms with Gasteiger partial charge in [0.05, 0.1) is 36.3 Å². The van der Waals surface area contributed by atoms with E-state index in [9.17, 15) is 4.79 Å². The number of carbonyl (C=O) groups is 1. The van der Waals surface area contributed by atoms with Crippen LogP contribution in [0.5, 0.6) is 17.4 Å². The summed E-state index contributed by atoms with van der Waals surface area (Å²) >= 11 is 6.82. The lowest BCUT2D eigenvalue weighted by atomic mass is 9.97. The zero-order valence-corrected chi connectivity index (χ0v) is 29.1. The number of hydrogen-bond acceptors (Lipinski definition) is 9. The van der Waals surface area contributed by atoms with Crippen molar-refractivity contribution in [3.63, 3.8) is 0 Å². The molecule has 1 N–H and O–H groups in total. The molecule has 47 heavy (non-hydrogen) atoms. The number of ether oxygens (including phenoxy) is 3. The Hall–Kier alpha value is -4.54. The van der Waals surface area contributed by atoms with E-state index in [0.717, 1.165) is 48.6 Å². The molecule has 1 amide bonds. The van der Waals surface area contributed by atoms with Crippen LogP contribution in [0, 0.1) is 20.8 Å². The van der Waals surface area contributed by atoms with Gasteiger partial charge in [0.2, 0.25) is 11.8 Å². The average molecular weight is 659 g/mol. The maximum absolute atomic E-state index is 13.5. The summed E-state index contributed by atoms with van der Waals surface area (Å²) in [5, 5.41) is 3.92. The second kappa shape index (κ2) is 14.5. The van der Waals surface area contributed by atoms with Crippen LogP contribution in [0.15, 0.2) is 54.6 Å². The molecule has 0 aliphatic carbocycles. The lowest BCUT2D eigenvalue weighted by Crippen LogP contribution is -2.49. The summed E-state index contributed by atoms with van der Waals surface area (Å²) in [5.41, 5.74) is 7.13. The SMILES string of the molecule is COc1ccc(OC)c(N(C)C(=O)Oc2cc(-c3ccc(C)c(C)c3C)nc(Nc3ccc(N4CCN(C(C)C)CC4)c(Cl)c3)n2)c1. The van der Waals surface area contributed by atoms with Crippen LogP contribution in [-0.4, -0.2) is 74.4 Å². The van der Waals surface area contributed by atoms with E-state index in [1.165, 1.54) is 17.6 Å². The fourth-order valence-corrected chi connectivity index (χ4v) is 5.97. The molecule has 0 spiro atoms. The molecule has 3 aromatic carbocycles. The second-order valence-corrected chi connectivity index (χ2v) is 12.4. The molecule has 5 rings (SSSR count). The van der Waals surface area contributed by atoms with Crippen LogP contribution in [0.25, 0.3) is 11.3 Å². The summed E-state index contributed by atoms with van der Waals surface area (Å²) in [6, 6.07) is 17.3. The molecule has 11 heteroatoms. The highest BCUT2D eigenvalue weighted by atomic mass is 35.5. The summed E-state index contributed by atoms with van der Waals surface area (Å²) in [4.78, 5) is 29.0. The summed E-state index contributed by atoms with van der Waals surface area (Å²) in [6.45, 7) is 14.5. The van der Waals surface area contributed by atoms with Crippen molar-refractivity contribution in [3.05, 3.63) is 76.3 Å². The van der Waals surface area contributed by atoms with E-state index in [1.54, 1.807) is 38.4 Å². The van der Waals surface area contributed by atoms with Crippen LogP contribution >= 0.6 is 11.6 Å². The minimum Gasteiger partial charge on any atom is -0.497 e. The number of nitrogens with zero attached hydrogens (tertiary/aromatic N) is 5. The number of anilines is 4. The number of piperazine rings is 1. The van der Waals surface area contributed by atoms with E-state index in [4.69, 9.17) is 30.8 Å². The molecule has 10 nitrogen and oxygen atoms in total. The Kier molecular flexibility index (Phi) is 10.4. The van der Waals surface area contributed by atoms with E-state index >= 15 is 0 Å². The molecule has 0 atom stereocenters. The Morgan fingerprint density at radius 3 is 2.32 bits per heavy atom. The molecule has 1 aliphatic heterocycles. The predicted molar refractivity (Wildman–Crippen MR) is 189 cm³/mol. The highest BCUT2D eigenvalue weighted by Gasteiger charge is 2.23. The second-order valence-electron chi connectivity index (χ2n) is 12.0. The smallest absolute Gasteiger partial charge is 0.420 e. The third-order valence-electron chi connectivity index (χ3n) is 8.84. The molecular weight excluding hydrogens is 616 g/mol. The van der Waals surface area contributed by atoms with Gasteiger partial charge >= 0.3 is 6.09 Å². The van der Waals surface area contributed by atoms with Crippen LogP contribution < -0.4 is 29.3 Å². The standard InChI is InChI=1S/C36H43ClN6O4/c1-22(2)42-15-17-43(18-16-42)31-13-10-26(19-29(31)37)38-35-39-30(28-12-9-23(3)24(4)25(28)5)21-34(40-35)47-36(44)41(6)32-20-27(45-7)11-14-33(32)46-8/h9-14,19-22H,15-18H2,1-8H3,(H,38,39,40). The van der Waals surface area contributed by atoms with Crippen LogP contribution in [0.4, 0.5) is 27.8 Å². The number of rotatable bonds is 9. The van der Waals surface area contributed by atoms with Gasteiger partial charge in [0.1, 0.15) is 11.5 Å². The Bertz CT molecular complexity index is 1760. The van der Waals surface area contributed by atoms with Crippen molar-refractivity contribution in [1.82, 2.24) is 14.9 Å². The van der Waals surface area contributed by atoms with Crippen molar-refractivity contribution in [2.75, 3.05) is 62.6 Å². The molecule has 4 aromatic rings. The van der Waals surface area contributed by atoms with Gasteiger partial charge in [-0.25, -0.2) is 9.78 Å². The molecule has 0 radical (unpaired) electrons. The Balaban J connectivity index is 1.45. The number of benzene rings is 3. The normalized spacial score (nSPS) is 13.4. The van der Waals surface area contributed by atoms with Crippen molar-refractivity contribution in [3.8, 4) is 28.6 Å². The summed E-state index contributed by atoms with van der Waals surface area (Å²) in [6.07, 6.45) is -0.658. The maximum Gasteiger partial charge on any atom is 0.420 e. The molecule has 248 valence electrons. The Labute approximate surface area is 282 Å². The zero-order chi connectivity index (χ0) is 33.8. The number of nitrogens with one attached hydrogen (secondary N) is 1. The molecule has 0 bridgehead atoms. The first-order chi connectivity index (χ1) is 22.5. The van der Waals surface area contributed by atoms with E-state index < -0.39 is 6.09 Å². The molecule has 1 aliphatic rings. The van der Waals surface area contributed by atoms with Gasteiger partial charge in [0.25, 0.3) is 0 Å². The quantitative estimate of drug-likeness (QED) is 0.195. The molecule has 0 unspecified atom stereocenters. The minimum absolute atomic E-state index is 0.0829. The first-order valence-electron chi connectivity index (χ1n) is 15.7. The van der Waals surface area contributed by atoms with Crippen molar-refractivity contribution in [1.29, 1.82) is 0 Å². The molecule has 1 aromatic heterocycles. The minimum atomic E-state index is -0.658. The van der Waals surface area contributed by atoms with E-state index in [1.807, 2.05) is 24.3 Å². The number of aryl methyl sites for hydroxylation is 1. The number of methoxy groups -OCH3 is 2.